The molecule has 0 spiro atoms. The number of para-hydroxylation sites is 1. The minimum atomic E-state index is -0.311. The van der Waals surface area contributed by atoms with E-state index in [-0.39, 0.29) is 17.6 Å². The van der Waals surface area contributed by atoms with E-state index >= 15 is 0 Å². The van der Waals surface area contributed by atoms with Gasteiger partial charge in [0.25, 0.3) is 11.8 Å². The van der Waals surface area contributed by atoms with Gasteiger partial charge in [0, 0.05) is 37.1 Å². The third-order valence-corrected chi connectivity index (χ3v) is 5.49. The molecule has 7 nitrogen and oxygen atoms in total. The van der Waals surface area contributed by atoms with Gasteiger partial charge in [-0.15, -0.1) is 0 Å². The van der Waals surface area contributed by atoms with E-state index in [1.165, 1.54) is 0 Å². The average Bonchev–Trinajstić information content (AvgIpc) is 3.17. The molecule has 1 N–H and O–H groups in total. The number of nitrogens with zero attached hydrogens (tertiary/aromatic N) is 2. The maximum absolute atomic E-state index is 13.2. The molecule has 156 valence electrons. The first kappa shape index (κ1) is 20.0. The molecule has 0 aliphatic carbocycles. The van der Waals surface area contributed by atoms with E-state index in [0.29, 0.717) is 41.1 Å². The number of hydrogen-bond donors (Lipinski definition) is 1. The lowest BCUT2D eigenvalue weighted by Gasteiger charge is -2.33. The molecular weight excluding hydrogens is 382 g/mol. The third kappa shape index (κ3) is 3.89. The average molecular weight is 407 g/mol. The van der Waals surface area contributed by atoms with Crippen molar-refractivity contribution in [1.82, 2.24) is 9.80 Å². The molecule has 1 fully saturated rings. The molecule has 7 heteroatoms. The highest BCUT2D eigenvalue weighted by Crippen LogP contribution is 2.32. The van der Waals surface area contributed by atoms with E-state index < -0.39 is 0 Å². The predicted molar refractivity (Wildman–Crippen MR) is 115 cm³/mol. The largest absolute Gasteiger partial charge is 0.497 e. The number of hydrogen-bond acceptors (Lipinski definition) is 5. The van der Waals surface area contributed by atoms with Crippen LogP contribution < -0.4 is 10.1 Å². The maximum Gasteiger partial charge on any atom is 0.291 e. The Morgan fingerprint density at radius 2 is 1.73 bits per heavy atom. The van der Waals surface area contributed by atoms with E-state index in [2.05, 4.69) is 17.1 Å². The molecule has 0 atom stereocenters. The van der Waals surface area contributed by atoms with Gasteiger partial charge in [-0.1, -0.05) is 19.1 Å². The number of carbonyl (C=O) groups excluding carboxylic acids is 2. The molecule has 1 aliphatic heterocycles. The van der Waals surface area contributed by atoms with Gasteiger partial charge in [0.15, 0.2) is 0 Å². The van der Waals surface area contributed by atoms with Crippen LogP contribution in [0.4, 0.5) is 5.69 Å². The molecule has 30 heavy (non-hydrogen) atoms. The van der Waals surface area contributed by atoms with E-state index in [0.717, 1.165) is 19.6 Å². The Kier molecular flexibility index (Phi) is 5.72. The number of methoxy groups -OCH3 is 1. The summed E-state index contributed by atoms with van der Waals surface area (Å²) >= 11 is 0. The number of fused-ring (bicyclic) bond motifs is 1. The zero-order valence-corrected chi connectivity index (χ0v) is 17.2. The van der Waals surface area contributed by atoms with Crippen LogP contribution in [0.2, 0.25) is 0 Å². The molecule has 1 aliphatic rings. The SMILES string of the molecule is CCN1CCN(C(=O)c2oc3ccccc3c2NC(=O)c2ccc(OC)cc2)CC1. The summed E-state index contributed by atoms with van der Waals surface area (Å²) in [5.74, 6) is 0.325. The summed E-state index contributed by atoms with van der Waals surface area (Å²) in [6, 6.07) is 14.1. The topological polar surface area (TPSA) is 75.0 Å². The lowest BCUT2D eigenvalue weighted by atomic mass is 10.1. The first-order chi connectivity index (χ1) is 14.6. The number of anilines is 1. The zero-order chi connectivity index (χ0) is 21.1. The number of carbonyl (C=O) groups is 2. The van der Waals surface area contributed by atoms with Gasteiger partial charge >= 0.3 is 0 Å². The Morgan fingerprint density at radius 3 is 2.40 bits per heavy atom. The molecule has 2 amide bonds. The van der Waals surface area contributed by atoms with Crippen molar-refractivity contribution in [3.63, 3.8) is 0 Å². The Bertz CT molecular complexity index is 1050. The number of ether oxygens (including phenoxy) is 1. The molecule has 4 rings (SSSR count). The van der Waals surface area contributed by atoms with Crippen molar-refractivity contribution >= 4 is 28.5 Å². The Balaban J connectivity index is 1.63. The van der Waals surface area contributed by atoms with Crippen molar-refractivity contribution in [2.45, 2.75) is 6.92 Å². The van der Waals surface area contributed by atoms with Crippen LogP contribution in [0, 0.1) is 0 Å². The van der Waals surface area contributed by atoms with Crippen LogP contribution in [0.1, 0.15) is 27.8 Å². The van der Waals surface area contributed by atoms with Crippen molar-refractivity contribution < 1.29 is 18.7 Å². The fourth-order valence-corrected chi connectivity index (χ4v) is 3.66. The van der Waals surface area contributed by atoms with Gasteiger partial charge in [0.05, 0.1) is 7.11 Å². The number of likely N-dealkylation sites (N-methyl/N-ethyl adjacent to an activating group) is 1. The van der Waals surface area contributed by atoms with E-state index in [1.54, 1.807) is 42.3 Å². The second-order valence-electron chi connectivity index (χ2n) is 7.21. The second-order valence-corrected chi connectivity index (χ2v) is 7.21. The van der Waals surface area contributed by atoms with Gasteiger partial charge in [-0.2, -0.15) is 0 Å². The van der Waals surface area contributed by atoms with Crippen molar-refractivity contribution in [3.05, 3.63) is 59.9 Å². The summed E-state index contributed by atoms with van der Waals surface area (Å²) in [6.07, 6.45) is 0. The highest BCUT2D eigenvalue weighted by atomic mass is 16.5. The van der Waals surface area contributed by atoms with E-state index in [4.69, 9.17) is 9.15 Å². The van der Waals surface area contributed by atoms with E-state index in [1.807, 2.05) is 18.2 Å². The fraction of sp³-hybridized carbons (Fsp3) is 0.304. The standard InChI is InChI=1S/C23H25N3O4/c1-3-25-12-14-26(15-13-25)23(28)21-20(18-6-4-5-7-19(18)30-21)24-22(27)16-8-10-17(29-2)11-9-16/h4-11H,3,12-15H2,1-2H3,(H,24,27). The Labute approximate surface area is 175 Å². The van der Waals surface area contributed by atoms with Crippen LogP contribution in [0.3, 0.4) is 0 Å². The highest BCUT2D eigenvalue weighted by molar-refractivity contribution is 6.14. The van der Waals surface area contributed by atoms with Gasteiger partial charge in [-0.25, -0.2) is 0 Å². The molecule has 0 bridgehead atoms. The zero-order valence-electron chi connectivity index (χ0n) is 17.2. The summed E-state index contributed by atoms with van der Waals surface area (Å²) in [5, 5.41) is 3.60. The molecule has 1 aromatic heterocycles. The number of rotatable bonds is 5. The van der Waals surface area contributed by atoms with E-state index in [9.17, 15) is 9.59 Å². The minimum absolute atomic E-state index is 0.169. The summed E-state index contributed by atoms with van der Waals surface area (Å²) in [6.45, 7) is 6.01. The summed E-state index contributed by atoms with van der Waals surface area (Å²) in [7, 11) is 1.57. The number of benzene rings is 2. The van der Waals surface area contributed by atoms with Crippen LogP contribution >= 0.6 is 0 Å². The van der Waals surface area contributed by atoms with Crippen molar-refractivity contribution in [2.24, 2.45) is 0 Å². The van der Waals surface area contributed by atoms with Crippen LogP contribution in [0.5, 0.6) is 5.75 Å². The molecule has 3 aromatic rings. The summed E-state index contributed by atoms with van der Waals surface area (Å²) in [5.41, 5.74) is 1.45. The maximum atomic E-state index is 13.2. The normalized spacial score (nSPS) is 14.7. The van der Waals surface area contributed by atoms with Gasteiger partial charge in [-0.3, -0.25) is 9.59 Å². The minimum Gasteiger partial charge on any atom is -0.497 e. The Morgan fingerprint density at radius 1 is 1.03 bits per heavy atom. The summed E-state index contributed by atoms with van der Waals surface area (Å²) in [4.78, 5) is 30.2. The predicted octanol–water partition coefficient (Wildman–Crippen LogP) is 3.47. The Hall–Kier alpha value is -3.32. The molecule has 2 heterocycles. The molecule has 0 unspecified atom stereocenters. The molecular formula is C23H25N3O4. The van der Waals surface area contributed by atoms with Crippen molar-refractivity contribution in [1.29, 1.82) is 0 Å². The fourth-order valence-electron chi connectivity index (χ4n) is 3.66. The lowest BCUT2D eigenvalue weighted by Crippen LogP contribution is -2.48. The third-order valence-electron chi connectivity index (χ3n) is 5.49. The van der Waals surface area contributed by atoms with Crippen LogP contribution in [-0.4, -0.2) is 61.4 Å². The van der Waals surface area contributed by atoms with Crippen molar-refractivity contribution in [2.75, 3.05) is 45.2 Å². The number of piperazine rings is 1. The van der Waals surface area contributed by atoms with Crippen molar-refractivity contribution in [3.8, 4) is 5.75 Å². The van der Waals surface area contributed by atoms with Gasteiger partial charge < -0.3 is 24.3 Å². The summed E-state index contributed by atoms with van der Waals surface area (Å²) < 4.78 is 11.0. The van der Waals surface area contributed by atoms with Gasteiger partial charge in [-0.05, 0) is 42.9 Å². The number of amides is 2. The number of nitrogens with one attached hydrogen (secondary N) is 1. The molecule has 0 radical (unpaired) electrons. The lowest BCUT2D eigenvalue weighted by molar-refractivity contribution is 0.0616. The molecule has 2 aromatic carbocycles. The highest BCUT2D eigenvalue weighted by Gasteiger charge is 2.28. The smallest absolute Gasteiger partial charge is 0.291 e. The second kappa shape index (κ2) is 8.59. The monoisotopic (exact) mass is 407 g/mol. The molecule has 1 saturated heterocycles. The molecule has 0 saturated carbocycles. The van der Waals surface area contributed by atoms with Crippen LogP contribution in [0.25, 0.3) is 11.0 Å². The first-order valence-corrected chi connectivity index (χ1v) is 10.1. The van der Waals surface area contributed by atoms with Crippen LogP contribution in [-0.2, 0) is 0 Å². The van der Waals surface area contributed by atoms with Gasteiger partial charge in [0.1, 0.15) is 17.0 Å². The first-order valence-electron chi connectivity index (χ1n) is 10.1. The quantitative estimate of drug-likeness (QED) is 0.701. The van der Waals surface area contributed by atoms with Gasteiger partial charge in [0.2, 0.25) is 5.76 Å². The number of furan rings is 1. The van der Waals surface area contributed by atoms with Crippen LogP contribution in [0.15, 0.2) is 52.9 Å².